The van der Waals surface area contributed by atoms with Crippen molar-refractivity contribution in [3.05, 3.63) is 44.2 Å². The summed E-state index contributed by atoms with van der Waals surface area (Å²) in [6.07, 6.45) is 1.66. The van der Waals surface area contributed by atoms with Crippen molar-refractivity contribution < 1.29 is 19.2 Å². The van der Waals surface area contributed by atoms with Crippen LogP contribution in [0.25, 0.3) is 6.08 Å². The quantitative estimate of drug-likeness (QED) is 0.527. The smallest absolute Gasteiger partial charge is 0.328 e. The highest BCUT2D eigenvalue weighted by Crippen LogP contribution is 2.28. The van der Waals surface area contributed by atoms with Gasteiger partial charge in [-0.25, -0.2) is 9.18 Å². The SMILES string of the molecule is O=C(O)/C=C/c1cc([N+](=O)[O-])c(Br)cc1F. The van der Waals surface area contributed by atoms with E-state index >= 15 is 0 Å². The molecule has 0 aliphatic rings. The number of halogens is 2. The van der Waals surface area contributed by atoms with E-state index in [0.717, 1.165) is 18.2 Å². The monoisotopic (exact) mass is 289 g/mol. The zero-order valence-corrected chi connectivity index (χ0v) is 9.27. The maximum absolute atomic E-state index is 13.2. The van der Waals surface area contributed by atoms with Crippen molar-refractivity contribution in [2.24, 2.45) is 0 Å². The summed E-state index contributed by atoms with van der Waals surface area (Å²) in [6.45, 7) is 0. The first-order valence-electron chi connectivity index (χ1n) is 3.96. The summed E-state index contributed by atoms with van der Waals surface area (Å²) in [7, 11) is 0. The second kappa shape index (κ2) is 4.84. The van der Waals surface area contributed by atoms with E-state index in [9.17, 15) is 19.3 Å². The van der Waals surface area contributed by atoms with Gasteiger partial charge in [-0.1, -0.05) is 0 Å². The number of carboxylic acid groups (broad SMARTS) is 1. The number of aliphatic carboxylic acids is 1. The van der Waals surface area contributed by atoms with Crippen LogP contribution in [0.2, 0.25) is 0 Å². The fourth-order valence-electron chi connectivity index (χ4n) is 0.982. The largest absolute Gasteiger partial charge is 0.478 e. The summed E-state index contributed by atoms with van der Waals surface area (Å²) in [5.41, 5.74) is -0.483. The molecule has 0 saturated heterocycles. The molecule has 0 atom stereocenters. The molecule has 0 bridgehead atoms. The molecule has 1 N–H and O–H groups in total. The number of rotatable bonds is 3. The maximum Gasteiger partial charge on any atom is 0.328 e. The van der Waals surface area contributed by atoms with Crippen LogP contribution in [0.3, 0.4) is 0 Å². The van der Waals surface area contributed by atoms with Gasteiger partial charge >= 0.3 is 5.97 Å². The van der Waals surface area contributed by atoms with Crippen LogP contribution in [0.5, 0.6) is 0 Å². The standard InChI is InChI=1S/C9H5BrFNO4/c10-6-4-7(11)5(1-2-9(13)14)3-8(6)12(15)16/h1-4H,(H,13,14)/b2-1+. The topological polar surface area (TPSA) is 80.4 Å². The van der Waals surface area contributed by atoms with Crippen LogP contribution in [0, 0.1) is 15.9 Å². The van der Waals surface area contributed by atoms with Crippen LogP contribution in [-0.4, -0.2) is 16.0 Å². The van der Waals surface area contributed by atoms with Crippen molar-refractivity contribution in [2.45, 2.75) is 0 Å². The van der Waals surface area contributed by atoms with Crippen LogP contribution in [0.1, 0.15) is 5.56 Å². The lowest BCUT2D eigenvalue weighted by Crippen LogP contribution is -1.93. The Hall–Kier alpha value is -1.76. The normalized spacial score (nSPS) is 10.6. The Labute approximate surface area is 97.5 Å². The first-order valence-corrected chi connectivity index (χ1v) is 4.75. The third-order valence-corrected chi connectivity index (χ3v) is 2.30. The molecule has 0 spiro atoms. The number of carboxylic acids is 1. The number of nitro benzene ring substituents is 1. The minimum Gasteiger partial charge on any atom is -0.478 e. The van der Waals surface area contributed by atoms with Crippen LogP contribution < -0.4 is 0 Å². The Balaban J connectivity index is 3.25. The second-order valence-electron chi connectivity index (χ2n) is 2.75. The van der Waals surface area contributed by atoms with E-state index < -0.39 is 16.7 Å². The Morgan fingerprint density at radius 2 is 2.19 bits per heavy atom. The second-order valence-corrected chi connectivity index (χ2v) is 3.61. The van der Waals surface area contributed by atoms with Gasteiger partial charge in [-0.2, -0.15) is 0 Å². The van der Waals surface area contributed by atoms with Crippen LogP contribution in [0.15, 0.2) is 22.7 Å². The van der Waals surface area contributed by atoms with E-state index in [1.165, 1.54) is 0 Å². The molecule has 0 heterocycles. The molecular formula is C9H5BrFNO4. The lowest BCUT2D eigenvalue weighted by molar-refractivity contribution is -0.385. The highest BCUT2D eigenvalue weighted by atomic mass is 79.9. The van der Waals surface area contributed by atoms with Crippen molar-refractivity contribution in [2.75, 3.05) is 0 Å². The number of carbonyl (C=O) groups is 1. The summed E-state index contributed by atoms with van der Waals surface area (Å²) >= 11 is 2.84. The van der Waals surface area contributed by atoms with Crippen LogP contribution in [0.4, 0.5) is 10.1 Å². The molecule has 0 aromatic heterocycles. The number of nitrogens with zero attached hydrogens (tertiary/aromatic N) is 1. The number of hydrogen-bond acceptors (Lipinski definition) is 3. The fourth-order valence-corrected chi connectivity index (χ4v) is 1.44. The molecule has 0 radical (unpaired) electrons. The summed E-state index contributed by atoms with van der Waals surface area (Å²) in [5, 5.41) is 18.9. The van der Waals surface area contributed by atoms with E-state index in [1.54, 1.807) is 0 Å². The first kappa shape index (κ1) is 12.3. The molecule has 84 valence electrons. The summed E-state index contributed by atoms with van der Waals surface area (Å²) < 4.78 is 13.2. The van der Waals surface area contributed by atoms with Gasteiger partial charge in [-0.15, -0.1) is 0 Å². The maximum atomic E-state index is 13.2. The molecule has 0 aliphatic carbocycles. The lowest BCUT2D eigenvalue weighted by Gasteiger charge is -1.99. The van der Waals surface area contributed by atoms with E-state index in [2.05, 4.69) is 15.9 Å². The van der Waals surface area contributed by atoms with E-state index in [1.807, 2.05) is 0 Å². The molecule has 7 heteroatoms. The third kappa shape index (κ3) is 2.86. The van der Waals surface area contributed by atoms with Gasteiger partial charge in [0.2, 0.25) is 0 Å². The van der Waals surface area contributed by atoms with Gasteiger partial charge in [0.05, 0.1) is 9.40 Å². The summed E-state index contributed by atoms with van der Waals surface area (Å²) in [4.78, 5) is 20.1. The Morgan fingerprint density at radius 3 is 2.69 bits per heavy atom. The van der Waals surface area contributed by atoms with Gasteiger partial charge in [-0.05, 0) is 28.1 Å². The summed E-state index contributed by atoms with van der Waals surface area (Å²) in [5.74, 6) is -2.00. The number of nitro groups is 1. The zero-order valence-electron chi connectivity index (χ0n) is 7.68. The van der Waals surface area contributed by atoms with E-state index in [4.69, 9.17) is 5.11 Å². The minimum atomic E-state index is -1.26. The zero-order chi connectivity index (χ0) is 12.3. The fraction of sp³-hybridized carbons (Fsp3) is 0. The number of hydrogen-bond donors (Lipinski definition) is 1. The first-order chi connectivity index (χ1) is 7.41. The van der Waals surface area contributed by atoms with Crippen molar-refractivity contribution in [1.82, 2.24) is 0 Å². The van der Waals surface area contributed by atoms with Gasteiger partial charge in [-0.3, -0.25) is 10.1 Å². The molecule has 0 aliphatic heterocycles. The molecule has 0 fully saturated rings. The summed E-state index contributed by atoms with van der Waals surface area (Å²) in [6, 6.07) is 1.87. The van der Waals surface area contributed by atoms with E-state index in [-0.39, 0.29) is 15.7 Å². The molecule has 0 amide bonds. The van der Waals surface area contributed by atoms with Gasteiger partial charge < -0.3 is 5.11 Å². The molecule has 16 heavy (non-hydrogen) atoms. The average molecular weight is 290 g/mol. The van der Waals surface area contributed by atoms with Crippen molar-refractivity contribution in [1.29, 1.82) is 0 Å². The Kier molecular flexibility index (Phi) is 3.73. The van der Waals surface area contributed by atoms with Crippen LogP contribution in [-0.2, 0) is 4.79 Å². The lowest BCUT2D eigenvalue weighted by atomic mass is 10.1. The molecule has 1 aromatic carbocycles. The Morgan fingerprint density at radius 1 is 1.56 bits per heavy atom. The predicted octanol–water partition coefficient (Wildman–Crippen LogP) is 2.59. The highest BCUT2D eigenvalue weighted by Gasteiger charge is 2.15. The predicted molar refractivity (Wildman–Crippen MR) is 57.4 cm³/mol. The van der Waals surface area contributed by atoms with Crippen molar-refractivity contribution in [3.8, 4) is 0 Å². The molecular weight excluding hydrogens is 285 g/mol. The average Bonchev–Trinajstić information content (AvgIpc) is 2.15. The minimum absolute atomic E-state index is 0.00229. The molecule has 1 aromatic rings. The molecule has 1 rings (SSSR count). The van der Waals surface area contributed by atoms with E-state index in [0.29, 0.717) is 6.08 Å². The van der Waals surface area contributed by atoms with Crippen molar-refractivity contribution >= 4 is 33.7 Å². The van der Waals surface area contributed by atoms with Crippen molar-refractivity contribution in [3.63, 3.8) is 0 Å². The highest BCUT2D eigenvalue weighted by molar-refractivity contribution is 9.10. The van der Waals surface area contributed by atoms with Crippen LogP contribution >= 0.6 is 15.9 Å². The molecule has 0 saturated carbocycles. The van der Waals surface area contributed by atoms with Gasteiger partial charge in [0.25, 0.3) is 5.69 Å². The van der Waals surface area contributed by atoms with Gasteiger partial charge in [0, 0.05) is 17.7 Å². The third-order valence-electron chi connectivity index (χ3n) is 1.67. The van der Waals surface area contributed by atoms with Gasteiger partial charge in [0.15, 0.2) is 0 Å². The van der Waals surface area contributed by atoms with Gasteiger partial charge in [0.1, 0.15) is 5.82 Å². The number of benzene rings is 1. The Bertz CT molecular complexity index is 487. The molecule has 5 nitrogen and oxygen atoms in total. The molecule has 0 unspecified atom stereocenters.